The number of nitrogens with zero attached hydrogens (tertiary/aromatic N) is 1. The second kappa shape index (κ2) is 8.22. The Morgan fingerprint density at radius 1 is 1.00 bits per heavy atom. The molecule has 3 aromatic rings. The summed E-state index contributed by atoms with van der Waals surface area (Å²) in [6.45, 7) is 0. The minimum Gasteiger partial charge on any atom is -0.493 e. The molecule has 0 atom stereocenters. The third kappa shape index (κ3) is 4.09. The molecule has 2 aromatic carbocycles. The lowest BCUT2D eigenvalue weighted by atomic mass is 10.1. The van der Waals surface area contributed by atoms with Crippen LogP contribution in [0.15, 0.2) is 65.1 Å². The SMILES string of the molecule is COc1ccc(C(=O)C=Cc2ccc(-c3ccc([N+](=O)[O-])cc3)o2)cc1OC. The molecule has 0 saturated carbocycles. The minimum atomic E-state index is -0.458. The quantitative estimate of drug-likeness (QED) is 0.254. The number of non-ortho nitro benzene ring substituents is 1. The zero-order valence-corrected chi connectivity index (χ0v) is 15.2. The van der Waals surface area contributed by atoms with Gasteiger partial charge in [0.25, 0.3) is 5.69 Å². The predicted octanol–water partition coefficient (Wildman–Crippen LogP) is 4.77. The van der Waals surface area contributed by atoms with Crippen molar-refractivity contribution in [1.29, 1.82) is 0 Å². The topological polar surface area (TPSA) is 91.8 Å². The number of ketones is 1. The molecule has 1 aromatic heterocycles. The summed E-state index contributed by atoms with van der Waals surface area (Å²) in [6, 6.07) is 14.4. The molecule has 0 N–H and O–H groups in total. The van der Waals surface area contributed by atoms with E-state index in [0.717, 1.165) is 0 Å². The minimum absolute atomic E-state index is 0.0101. The van der Waals surface area contributed by atoms with Crippen LogP contribution in [0.1, 0.15) is 16.1 Å². The number of methoxy groups -OCH3 is 2. The first-order valence-electron chi connectivity index (χ1n) is 8.31. The number of furan rings is 1. The van der Waals surface area contributed by atoms with Gasteiger partial charge in [0.2, 0.25) is 0 Å². The van der Waals surface area contributed by atoms with Crippen LogP contribution < -0.4 is 9.47 Å². The van der Waals surface area contributed by atoms with Crippen LogP contribution >= 0.6 is 0 Å². The summed E-state index contributed by atoms with van der Waals surface area (Å²) in [6.07, 6.45) is 2.97. The Kier molecular flexibility index (Phi) is 5.55. The van der Waals surface area contributed by atoms with Gasteiger partial charge in [-0.05, 0) is 54.6 Å². The smallest absolute Gasteiger partial charge is 0.269 e. The van der Waals surface area contributed by atoms with Crippen molar-refractivity contribution in [2.75, 3.05) is 14.2 Å². The van der Waals surface area contributed by atoms with Crippen LogP contribution in [0.3, 0.4) is 0 Å². The first-order chi connectivity index (χ1) is 13.5. The second-order valence-electron chi connectivity index (χ2n) is 5.77. The summed E-state index contributed by atoms with van der Waals surface area (Å²) in [5.41, 5.74) is 1.17. The van der Waals surface area contributed by atoms with Crippen LogP contribution in [-0.4, -0.2) is 24.9 Å². The van der Waals surface area contributed by atoms with E-state index in [-0.39, 0.29) is 11.5 Å². The van der Waals surface area contributed by atoms with Crippen molar-refractivity contribution in [3.8, 4) is 22.8 Å². The maximum Gasteiger partial charge on any atom is 0.269 e. The number of nitro groups is 1. The lowest BCUT2D eigenvalue weighted by molar-refractivity contribution is -0.384. The van der Waals surface area contributed by atoms with Gasteiger partial charge in [-0.1, -0.05) is 0 Å². The highest BCUT2D eigenvalue weighted by molar-refractivity contribution is 6.07. The standard InChI is InChI=1S/C21H17NO6/c1-26-20-11-5-15(13-21(20)27-2)18(23)10-8-17-9-12-19(28-17)14-3-6-16(7-4-14)22(24)25/h3-13H,1-2H3. The number of carbonyl (C=O) groups is 1. The Labute approximate surface area is 161 Å². The molecule has 0 amide bonds. The highest BCUT2D eigenvalue weighted by atomic mass is 16.6. The number of nitro benzene ring substituents is 1. The van der Waals surface area contributed by atoms with Crippen molar-refractivity contribution < 1.29 is 23.6 Å². The maximum atomic E-state index is 12.4. The van der Waals surface area contributed by atoms with Crippen molar-refractivity contribution in [3.63, 3.8) is 0 Å². The molecular formula is C21H17NO6. The average molecular weight is 379 g/mol. The monoisotopic (exact) mass is 379 g/mol. The lowest BCUT2D eigenvalue weighted by Crippen LogP contribution is -1.97. The van der Waals surface area contributed by atoms with Gasteiger partial charge in [0, 0.05) is 23.3 Å². The van der Waals surface area contributed by atoms with Crippen LogP contribution in [0.25, 0.3) is 17.4 Å². The first-order valence-corrected chi connectivity index (χ1v) is 8.31. The molecular weight excluding hydrogens is 362 g/mol. The summed E-state index contributed by atoms with van der Waals surface area (Å²) in [7, 11) is 3.03. The van der Waals surface area contributed by atoms with Gasteiger partial charge >= 0.3 is 0 Å². The van der Waals surface area contributed by atoms with E-state index in [1.807, 2.05) is 0 Å². The summed E-state index contributed by atoms with van der Waals surface area (Å²) in [5.74, 6) is 1.84. The summed E-state index contributed by atoms with van der Waals surface area (Å²) < 4.78 is 16.0. The van der Waals surface area contributed by atoms with Gasteiger partial charge in [0.1, 0.15) is 11.5 Å². The van der Waals surface area contributed by atoms with Gasteiger partial charge in [-0.2, -0.15) is 0 Å². The molecule has 7 nitrogen and oxygen atoms in total. The molecule has 0 spiro atoms. The van der Waals surface area contributed by atoms with Crippen LogP contribution in [0.2, 0.25) is 0 Å². The predicted molar refractivity (Wildman–Crippen MR) is 104 cm³/mol. The first kappa shape index (κ1) is 18.9. The normalized spacial score (nSPS) is 10.8. The fraction of sp³-hybridized carbons (Fsp3) is 0.0952. The van der Waals surface area contributed by atoms with E-state index in [1.54, 1.807) is 48.5 Å². The number of ether oxygens (including phenoxy) is 2. The fourth-order valence-corrected chi connectivity index (χ4v) is 2.59. The Hall–Kier alpha value is -3.87. The third-order valence-electron chi connectivity index (χ3n) is 4.06. The Morgan fingerprint density at radius 3 is 2.36 bits per heavy atom. The van der Waals surface area contributed by atoms with Crippen molar-refractivity contribution >= 4 is 17.5 Å². The van der Waals surface area contributed by atoms with E-state index in [0.29, 0.717) is 34.1 Å². The van der Waals surface area contributed by atoms with Crippen molar-refractivity contribution in [2.24, 2.45) is 0 Å². The van der Waals surface area contributed by atoms with Crippen LogP contribution in [0.4, 0.5) is 5.69 Å². The molecule has 0 bridgehead atoms. The number of benzene rings is 2. The van der Waals surface area contributed by atoms with Gasteiger partial charge in [-0.3, -0.25) is 14.9 Å². The van der Waals surface area contributed by atoms with Crippen molar-refractivity contribution in [1.82, 2.24) is 0 Å². The van der Waals surface area contributed by atoms with Gasteiger partial charge in [0.05, 0.1) is 19.1 Å². The molecule has 28 heavy (non-hydrogen) atoms. The molecule has 0 aliphatic heterocycles. The van der Waals surface area contributed by atoms with Crippen LogP contribution in [0.5, 0.6) is 11.5 Å². The molecule has 0 saturated heterocycles. The molecule has 3 rings (SSSR count). The summed E-state index contributed by atoms with van der Waals surface area (Å²) in [5, 5.41) is 10.7. The zero-order chi connectivity index (χ0) is 20.1. The summed E-state index contributed by atoms with van der Waals surface area (Å²) in [4.78, 5) is 22.6. The second-order valence-corrected chi connectivity index (χ2v) is 5.77. The Morgan fingerprint density at radius 2 is 1.71 bits per heavy atom. The third-order valence-corrected chi connectivity index (χ3v) is 4.06. The van der Waals surface area contributed by atoms with Crippen molar-refractivity contribution in [3.05, 3.63) is 82.1 Å². The molecule has 0 radical (unpaired) electrons. The van der Waals surface area contributed by atoms with E-state index < -0.39 is 4.92 Å². The molecule has 0 aliphatic rings. The maximum absolute atomic E-state index is 12.4. The molecule has 0 fully saturated rings. The largest absolute Gasteiger partial charge is 0.493 e. The van der Waals surface area contributed by atoms with Crippen LogP contribution in [-0.2, 0) is 0 Å². The number of rotatable bonds is 7. The van der Waals surface area contributed by atoms with Crippen LogP contribution in [0, 0.1) is 10.1 Å². The van der Waals surface area contributed by atoms with Gasteiger partial charge in [-0.25, -0.2) is 0 Å². The van der Waals surface area contributed by atoms with Gasteiger partial charge in [-0.15, -0.1) is 0 Å². The van der Waals surface area contributed by atoms with Crippen molar-refractivity contribution in [2.45, 2.75) is 0 Å². The summed E-state index contributed by atoms with van der Waals surface area (Å²) >= 11 is 0. The number of carbonyl (C=O) groups excluding carboxylic acids is 1. The fourth-order valence-electron chi connectivity index (χ4n) is 2.59. The zero-order valence-electron chi connectivity index (χ0n) is 15.2. The molecule has 7 heteroatoms. The molecule has 0 aliphatic carbocycles. The van der Waals surface area contributed by atoms with E-state index in [1.165, 1.54) is 32.4 Å². The number of hydrogen-bond acceptors (Lipinski definition) is 6. The Balaban J connectivity index is 1.74. The lowest BCUT2D eigenvalue weighted by Gasteiger charge is -2.07. The molecule has 0 unspecified atom stereocenters. The molecule has 1 heterocycles. The van der Waals surface area contributed by atoms with E-state index in [2.05, 4.69) is 0 Å². The number of allylic oxidation sites excluding steroid dienone is 1. The van der Waals surface area contributed by atoms with Gasteiger partial charge in [0.15, 0.2) is 17.3 Å². The highest BCUT2D eigenvalue weighted by Gasteiger charge is 2.10. The van der Waals surface area contributed by atoms with E-state index in [9.17, 15) is 14.9 Å². The van der Waals surface area contributed by atoms with E-state index >= 15 is 0 Å². The van der Waals surface area contributed by atoms with Gasteiger partial charge < -0.3 is 13.9 Å². The van der Waals surface area contributed by atoms with E-state index in [4.69, 9.17) is 13.9 Å². The number of hydrogen-bond donors (Lipinski definition) is 0. The Bertz CT molecular complexity index is 1030. The molecule has 142 valence electrons. The highest BCUT2D eigenvalue weighted by Crippen LogP contribution is 2.28. The average Bonchev–Trinajstić information content (AvgIpc) is 3.20.